The molecule has 2 heterocycles. The second-order valence-electron chi connectivity index (χ2n) is 6.80. The molecule has 0 spiro atoms. The van der Waals surface area contributed by atoms with Gasteiger partial charge in [-0.1, -0.05) is 19.3 Å². The Balaban J connectivity index is 1.50. The van der Waals surface area contributed by atoms with Crippen LogP contribution in [0.3, 0.4) is 0 Å². The van der Waals surface area contributed by atoms with Crippen LogP contribution in [0.15, 0.2) is 16.5 Å². The second kappa shape index (κ2) is 7.65. The maximum Gasteiger partial charge on any atom is 0.224 e. The van der Waals surface area contributed by atoms with E-state index in [0.29, 0.717) is 18.3 Å². The van der Waals surface area contributed by atoms with Gasteiger partial charge in [-0.15, -0.1) is 0 Å². The highest BCUT2D eigenvalue weighted by Crippen LogP contribution is 2.22. The number of hydrogen-bond donors (Lipinski definition) is 1. The van der Waals surface area contributed by atoms with Gasteiger partial charge in [0.1, 0.15) is 11.8 Å². The lowest BCUT2D eigenvalue weighted by atomic mass is 9.93. The molecule has 2 fully saturated rings. The molecular weight excluding hydrogens is 290 g/mol. The highest BCUT2D eigenvalue weighted by atomic mass is 16.3. The summed E-state index contributed by atoms with van der Waals surface area (Å²) in [4.78, 5) is 14.8. The zero-order valence-corrected chi connectivity index (χ0v) is 13.6. The summed E-state index contributed by atoms with van der Waals surface area (Å²) in [6.45, 7) is 2.44. The van der Waals surface area contributed by atoms with Crippen molar-refractivity contribution < 1.29 is 9.21 Å². The fourth-order valence-corrected chi connectivity index (χ4v) is 3.72. The zero-order chi connectivity index (χ0) is 16.1. The molecule has 0 bridgehead atoms. The van der Waals surface area contributed by atoms with Crippen molar-refractivity contribution in [2.75, 3.05) is 13.1 Å². The summed E-state index contributed by atoms with van der Waals surface area (Å²) < 4.78 is 5.45. The average molecular weight is 315 g/mol. The van der Waals surface area contributed by atoms with Crippen molar-refractivity contribution in [2.24, 2.45) is 5.92 Å². The van der Waals surface area contributed by atoms with Gasteiger partial charge in [0.05, 0.1) is 12.5 Å². The van der Waals surface area contributed by atoms with Gasteiger partial charge in [0.25, 0.3) is 0 Å². The molecule has 124 valence electrons. The maximum atomic E-state index is 12.5. The van der Waals surface area contributed by atoms with E-state index in [0.717, 1.165) is 44.5 Å². The number of nitrogens with zero attached hydrogens (tertiary/aromatic N) is 2. The Morgan fingerprint density at radius 1 is 1.26 bits per heavy atom. The first-order valence-electron chi connectivity index (χ1n) is 8.76. The number of nitrogens with one attached hydrogen (secondary N) is 1. The van der Waals surface area contributed by atoms with Crippen molar-refractivity contribution in [3.05, 3.63) is 23.7 Å². The standard InChI is InChI=1S/C18H25N3O2/c19-11-16-8-9-17(23-16)13-21-10-4-5-14(12-21)18(22)20-15-6-2-1-3-7-15/h8-9,14-15H,1-7,10,12-13H2,(H,20,22)/t14-/m0/s1. The Bertz CT molecular complexity index is 569. The van der Waals surface area contributed by atoms with Gasteiger partial charge >= 0.3 is 0 Å². The van der Waals surface area contributed by atoms with E-state index in [2.05, 4.69) is 10.2 Å². The summed E-state index contributed by atoms with van der Waals surface area (Å²) in [6.07, 6.45) is 8.04. The molecule has 1 saturated carbocycles. The summed E-state index contributed by atoms with van der Waals surface area (Å²) in [5.74, 6) is 1.45. The van der Waals surface area contributed by atoms with Crippen LogP contribution < -0.4 is 5.32 Å². The third-order valence-corrected chi connectivity index (χ3v) is 4.98. The Morgan fingerprint density at radius 3 is 2.83 bits per heavy atom. The number of hydrogen-bond acceptors (Lipinski definition) is 4. The van der Waals surface area contributed by atoms with Crippen LogP contribution in [0, 0.1) is 17.2 Å². The third-order valence-electron chi connectivity index (χ3n) is 4.98. The molecular formula is C18H25N3O2. The second-order valence-corrected chi connectivity index (χ2v) is 6.80. The molecule has 5 nitrogen and oxygen atoms in total. The molecule has 1 amide bonds. The van der Waals surface area contributed by atoms with E-state index in [4.69, 9.17) is 9.68 Å². The van der Waals surface area contributed by atoms with Crippen LogP contribution in [0.2, 0.25) is 0 Å². The molecule has 2 aliphatic rings. The van der Waals surface area contributed by atoms with Crippen molar-refractivity contribution in [3.63, 3.8) is 0 Å². The largest absolute Gasteiger partial charge is 0.449 e. The Labute approximate surface area is 137 Å². The summed E-state index contributed by atoms with van der Waals surface area (Å²) in [7, 11) is 0. The topological polar surface area (TPSA) is 69.3 Å². The van der Waals surface area contributed by atoms with E-state index >= 15 is 0 Å². The fraction of sp³-hybridized carbons (Fsp3) is 0.667. The van der Waals surface area contributed by atoms with E-state index in [9.17, 15) is 4.79 Å². The summed E-state index contributed by atoms with van der Waals surface area (Å²) >= 11 is 0. The highest BCUT2D eigenvalue weighted by Gasteiger charge is 2.28. The first-order valence-corrected chi connectivity index (χ1v) is 8.76. The molecule has 1 aromatic rings. The van der Waals surface area contributed by atoms with Crippen LogP contribution >= 0.6 is 0 Å². The number of rotatable bonds is 4. The average Bonchev–Trinajstić information content (AvgIpc) is 3.03. The number of piperidine rings is 1. The summed E-state index contributed by atoms with van der Waals surface area (Å²) in [6, 6.07) is 5.94. The molecule has 1 saturated heterocycles. The van der Waals surface area contributed by atoms with Crippen LogP contribution in [0.4, 0.5) is 0 Å². The molecule has 0 radical (unpaired) electrons. The summed E-state index contributed by atoms with van der Waals surface area (Å²) in [5.41, 5.74) is 0. The van der Waals surface area contributed by atoms with Gasteiger partial charge in [-0.3, -0.25) is 9.69 Å². The van der Waals surface area contributed by atoms with Gasteiger partial charge in [0, 0.05) is 12.6 Å². The number of likely N-dealkylation sites (tertiary alicyclic amines) is 1. The van der Waals surface area contributed by atoms with Crippen LogP contribution in [-0.2, 0) is 11.3 Å². The smallest absolute Gasteiger partial charge is 0.224 e. The van der Waals surface area contributed by atoms with Crippen LogP contribution in [0.5, 0.6) is 0 Å². The quantitative estimate of drug-likeness (QED) is 0.927. The predicted octanol–water partition coefficient (Wildman–Crippen LogP) is 2.81. The normalized spacial score (nSPS) is 23.3. The van der Waals surface area contributed by atoms with Crippen molar-refractivity contribution >= 4 is 5.91 Å². The molecule has 5 heteroatoms. The molecule has 1 atom stereocenters. The summed E-state index contributed by atoms with van der Waals surface area (Å²) in [5, 5.41) is 12.1. The Kier molecular flexibility index (Phi) is 5.35. The minimum absolute atomic E-state index is 0.0797. The molecule has 0 unspecified atom stereocenters. The number of nitriles is 1. The molecule has 1 aromatic heterocycles. The highest BCUT2D eigenvalue weighted by molar-refractivity contribution is 5.79. The van der Waals surface area contributed by atoms with E-state index in [-0.39, 0.29) is 11.8 Å². The van der Waals surface area contributed by atoms with Gasteiger partial charge < -0.3 is 9.73 Å². The van der Waals surface area contributed by atoms with Gasteiger partial charge in [-0.2, -0.15) is 5.26 Å². The lowest BCUT2D eigenvalue weighted by Crippen LogP contribution is -2.46. The number of carbonyl (C=O) groups excluding carboxylic acids is 1. The van der Waals surface area contributed by atoms with E-state index in [1.54, 1.807) is 6.07 Å². The van der Waals surface area contributed by atoms with Gasteiger partial charge in [0.15, 0.2) is 0 Å². The lowest BCUT2D eigenvalue weighted by molar-refractivity contribution is -0.127. The Hall–Kier alpha value is -1.80. The van der Waals surface area contributed by atoms with Crippen molar-refractivity contribution in [2.45, 2.75) is 57.5 Å². The minimum Gasteiger partial charge on any atom is -0.449 e. The lowest BCUT2D eigenvalue weighted by Gasteiger charge is -2.33. The molecule has 1 aliphatic heterocycles. The number of amides is 1. The van der Waals surface area contributed by atoms with Crippen LogP contribution in [0.25, 0.3) is 0 Å². The SMILES string of the molecule is N#Cc1ccc(CN2CCC[C@H](C(=O)NC3CCCCC3)C2)o1. The number of carbonyl (C=O) groups is 1. The predicted molar refractivity (Wildman–Crippen MR) is 86.4 cm³/mol. The van der Waals surface area contributed by atoms with E-state index in [1.165, 1.54) is 19.3 Å². The van der Waals surface area contributed by atoms with Crippen molar-refractivity contribution in [1.29, 1.82) is 5.26 Å². The van der Waals surface area contributed by atoms with E-state index in [1.807, 2.05) is 12.1 Å². The minimum atomic E-state index is 0.0797. The van der Waals surface area contributed by atoms with E-state index < -0.39 is 0 Å². The van der Waals surface area contributed by atoms with Crippen molar-refractivity contribution in [3.8, 4) is 6.07 Å². The Morgan fingerprint density at radius 2 is 2.09 bits per heavy atom. The van der Waals surface area contributed by atoms with Crippen LogP contribution in [0.1, 0.15) is 56.5 Å². The fourth-order valence-electron chi connectivity index (χ4n) is 3.72. The van der Waals surface area contributed by atoms with Crippen molar-refractivity contribution in [1.82, 2.24) is 10.2 Å². The molecule has 1 N–H and O–H groups in total. The van der Waals surface area contributed by atoms with Gasteiger partial charge in [-0.25, -0.2) is 0 Å². The molecule has 3 rings (SSSR count). The molecule has 1 aliphatic carbocycles. The molecule has 0 aromatic carbocycles. The van der Waals surface area contributed by atoms with Gasteiger partial charge in [0.2, 0.25) is 11.7 Å². The van der Waals surface area contributed by atoms with Gasteiger partial charge in [-0.05, 0) is 44.4 Å². The third kappa shape index (κ3) is 4.35. The van der Waals surface area contributed by atoms with Crippen LogP contribution in [-0.4, -0.2) is 29.9 Å². The molecule has 23 heavy (non-hydrogen) atoms. The first-order chi connectivity index (χ1) is 11.2. The maximum absolute atomic E-state index is 12.5. The monoisotopic (exact) mass is 315 g/mol. The number of furan rings is 1. The first kappa shape index (κ1) is 16.1. The zero-order valence-electron chi connectivity index (χ0n) is 13.6.